The smallest absolute Gasteiger partial charge is 0.129 e. The number of hydrogen-bond acceptors (Lipinski definition) is 4. The summed E-state index contributed by atoms with van der Waals surface area (Å²) in [5.74, 6) is 0. The summed E-state index contributed by atoms with van der Waals surface area (Å²) in [6.45, 7) is 0. The van der Waals surface area contributed by atoms with Crippen molar-refractivity contribution in [3.63, 3.8) is 0 Å². The van der Waals surface area contributed by atoms with Crippen molar-refractivity contribution in [3.05, 3.63) is 51.2 Å². The first-order chi connectivity index (χ1) is 7.72. The monoisotopic (exact) mass is 252 g/mol. The first-order valence-electron chi connectivity index (χ1n) is 4.53. The SMILES string of the molecule is Nc1ccc(Cl)cc1/C(=N\O)c1cccs1. The number of nitrogens with zero attached hydrogens (tertiary/aromatic N) is 1. The molecule has 82 valence electrons. The first-order valence-corrected chi connectivity index (χ1v) is 5.79. The van der Waals surface area contributed by atoms with E-state index in [4.69, 9.17) is 22.5 Å². The zero-order chi connectivity index (χ0) is 11.5. The summed E-state index contributed by atoms with van der Waals surface area (Å²) in [6.07, 6.45) is 0. The Morgan fingerprint density at radius 1 is 1.38 bits per heavy atom. The standard InChI is InChI=1S/C11H9ClN2OS/c12-7-3-4-9(13)8(6-7)11(14-15)10-2-1-5-16-10/h1-6,15H,13H2/b14-11+. The third-order valence-electron chi connectivity index (χ3n) is 2.13. The molecule has 1 aromatic heterocycles. The van der Waals surface area contributed by atoms with Crippen LogP contribution < -0.4 is 5.73 Å². The fourth-order valence-corrected chi connectivity index (χ4v) is 2.28. The Hall–Kier alpha value is -1.52. The van der Waals surface area contributed by atoms with Gasteiger partial charge in [0.25, 0.3) is 0 Å². The maximum absolute atomic E-state index is 9.06. The van der Waals surface area contributed by atoms with E-state index in [0.717, 1.165) is 4.88 Å². The highest BCUT2D eigenvalue weighted by Gasteiger charge is 2.12. The minimum absolute atomic E-state index is 0.440. The number of anilines is 1. The fraction of sp³-hybridized carbons (Fsp3) is 0. The number of oxime groups is 1. The molecule has 0 fully saturated rings. The summed E-state index contributed by atoms with van der Waals surface area (Å²) in [5.41, 5.74) is 7.44. The van der Waals surface area contributed by atoms with Crippen molar-refractivity contribution in [3.8, 4) is 0 Å². The van der Waals surface area contributed by atoms with E-state index in [-0.39, 0.29) is 0 Å². The van der Waals surface area contributed by atoms with Gasteiger partial charge in [0.1, 0.15) is 5.71 Å². The third-order valence-corrected chi connectivity index (χ3v) is 3.24. The molecule has 0 aliphatic rings. The normalized spacial score (nSPS) is 11.7. The topological polar surface area (TPSA) is 58.6 Å². The number of rotatable bonds is 2. The van der Waals surface area contributed by atoms with E-state index in [9.17, 15) is 0 Å². The zero-order valence-electron chi connectivity index (χ0n) is 8.22. The van der Waals surface area contributed by atoms with Crippen LogP contribution in [-0.4, -0.2) is 10.9 Å². The van der Waals surface area contributed by atoms with Crippen molar-refractivity contribution in [2.75, 3.05) is 5.73 Å². The number of thiophene rings is 1. The number of nitrogens with two attached hydrogens (primary N) is 1. The van der Waals surface area contributed by atoms with Gasteiger partial charge in [0.2, 0.25) is 0 Å². The molecule has 5 heteroatoms. The van der Waals surface area contributed by atoms with Crippen LogP contribution in [-0.2, 0) is 0 Å². The van der Waals surface area contributed by atoms with Crippen LogP contribution in [0.3, 0.4) is 0 Å². The molecular formula is C11H9ClN2OS. The van der Waals surface area contributed by atoms with Gasteiger partial charge in [-0.15, -0.1) is 11.3 Å². The molecule has 3 nitrogen and oxygen atoms in total. The van der Waals surface area contributed by atoms with Gasteiger partial charge in [-0.3, -0.25) is 0 Å². The van der Waals surface area contributed by atoms with Crippen LogP contribution >= 0.6 is 22.9 Å². The van der Waals surface area contributed by atoms with Crippen LogP contribution in [0.2, 0.25) is 5.02 Å². The van der Waals surface area contributed by atoms with E-state index >= 15 is 0 Å². The van der Waals surface area contributed by atoms with E-state index in [2.05, 4.69) is 5.16 Å². The van der Waals surface area contributed by atoms with Crippen molar-refractivity contribution >= 4 is 34.3 Å². The second-order valence-electron chi connectivity index (χ2n) is 3.16. The Kier molecular flexibility index (Phi) is 3.12. The van der Waals surface area contributed by atoms with Gasteiger partial charge in [-0.25, -0.2) is 0 Å². The zero-order valence-corrected chi connectivity index (χ0v) is 9.79. The van der Waals surface area contributed by atoms with E-state index in [1.54, 1.807) is 18.2 Å². The van der Waals surface area contributed by atoms with Crippen LogP contribution in [0, 0.1) is 0 Å². The van der Waals surface area contributed by atoms with E-state index in [1.165, 1.54) is 11.3 Å². The summed E-state index contributed by atoms with van der Waals surface area (Å²) < 4.78 is 0. The molecule has 0 saturated carbocycles. The molecule has 1 aromatic carbocycles. The molecule has 0 radical (unpaired) electrons. The van der Waals surface area contributed by atoms with Crippen LogP contribution in [0.15, 0.2) is 40.9 Å². The van der Waals surface area contributed by atoms with Gasteiger partial charge in [0, 0.05) is 16.3 Å². The van der Waals surface area contributed by atoms with Gasteiger partial charge in [0.05, 0.1) is 4.88 Å². The highest BCUT2D eigenvalue weighted by molar-refractivity contribution is 7.12. The van der Waals surface area contributed by atoms with E-state index in [0.29, 0.717) is 22.0 Å². The first kappa shape index (κ1) is 11.0. The van der Waals surface area contributed by atoms with E-state index in [1.807, 2.05) is 17.5 Å². The van der Waals surface area contributed by atoms with Crippen molar-refractivity contribution in [2.45, 2.75) is 0 Å². The number of nitrogen functional groups attached to an aromatic ring is 1. The molecule has 16 heavy (non-hydrogen) atoms. The molecule has 0 saturated heterocycles. The summed E-state index contributed by atoms with van der Waals surface area (Å²) in [5, 5.41) is 14.8. The highest BCUT2D eigenvalue weighted by atomic mass is 35.5. The van der Waals surface area contributed by atoms with Gasteiger partial charge < -0.3 is 10.9 Å². The summed E-state index contributed by atoms with van der Waals surface area (Å²) in [4.78, 5) is 0.844. The molecule has 1 heterocycles. The molecule has 3 N–H and O–H groups in total. The molecule has 2 rings (SSSR count). The molecule has 0 bridgehead atoms. The fourth-order valence-electron chi connectivity index (χ4n) is 1.38. The predicted molar refractivity (Wildman–Crippen MR) is 67.6 cm³/mol. The maximum atomic E-state index is 9.06. The Bertz CT molecular complexity index is 523. The molecule has 0 amide bonds. The molecule has 2 aromatic rings. The number of benzene rings is 1. The van der Waals surface area contributed by atoms with Crippen molar-refractivity contribution < 1.29 is 5.21 Å². The maximum Gasteiger partial charge on any atom is 0.129 e. The average Bonchev–Trinajstić information content (AvgIpc) is 2.78. The number of hydrogen-bond donors (Lipinski definition) is 2. The molecule has 0 atom stereocenters. The Morgan fingerprint density at radius 3 is 2.81 bits per heavy atom. The molecular weight excluding hydrogens is 244 g/mol. The van der Waals surface area contributed by atoms with Crippen molar-refractivity contribution in [1.82, 2.24) is 0 Å². The second kappa shape index (κ2) is 4.55. The number of halogens is 1. The largest absolute Gasteiger partial charge is 0.410 e. The second-order valence-corrected chi connectivity index (χ2v) is 4.54. The van der Waals surface area contributed by atoms with Crippen LogP contribution in [0.1, 0.15) is 10.4 Å². The third kappa shape index (κ3) is 2.03. The van der Waals surface area contributed by atoms with Crippen LogP contribution in [0.5, 0.6) is 0 Å². The van der Waals surface area contributed by atoms with Crippen molar-refractivity contribution in [1.29, 1.82) is 0 Å². The summed E-state index contributed by atoms with van der Waals surface area (Å²) >= 11 is 7.37. The van der Waals surface area contributed by atoms with Gasteiger partial charge in [-0.1, -0.05) is 22.8 Å². The molecule has 0 aliphatic heterocycles. The predicted octanol–water partition coefficient (Wildman–Crippen LogP) is 3.21. The minimum atomic E-state index is 0.440. The Labute approximate surface area is 102 Å². The lowest BCUT2D eigenvalue weighted by molar-refractivity contribution is 0.320. The van der Waals surface area contributed by atoms with Crippen LogP contribution in [0.4, 0.5) is 5.69 Å². The summed E-state index contributed by atoms with van der Waals surface area (Å²) in [6, 6.07) is 8.82. The molecule has 0 unspecified atom stereocenters. The van der Waals surface area contributed by atoms with Gasteiger partial charge in [-0.2, -0.15) is 0 Å². The lowest BCUT2D eigenvalue weighted by atomic mass is 10.1. The van der Waals surface area contributed by atoms with E-state index < -0.39 is 0 Å². The molecule has 0 spiro atoms. The average molecular weight is 253 g/mol. The van der Waals surface area contributed by atoms with Crippen molar-refractivity contribution in [2.24, 2.45) is 5.16 Å². The summed E-state index contributed by atoms with van der Waals surface area (Å²) in [7, 11) is 0. The van der Waals surface area contributed by atoms with Gasteiger partial charge >= 0.3 is 0 Å². The lowest BCUT2D eigenvalue weighted by Gasteiger charge is -2.06. The Morgan fingerprint density at radius 2 is 2.19 bits per heavy atom. The Balaban J connectivity index is 2.54. The van der Waals surface area contributed by atoms with Gasteiger partial charge in [0.15, 0.2) is 0 Å². The van der Waals surface area contributed by atoms with Crippen LogP contribution in [0.25, 0.3) is 0 Å². The molecule has 0 aliphatic carbocycles. The highest BCUT2D eigenvalue weighted by Crippen LogP contribution is 2.23. The lowest BCUT2D eigenvalue weighted by Crippen LogP contribution is -2.05. The quantitative estimate of drug-likeness (QED) is 0.373. The minimum Gasteiger partial charge on any atom is -0.410 e. The van der Waals surface area contributed by atoms with Gasteiger partial charge in [-0.05, 0) is 29.6 Å².